The molecule has 0 saturated carbocycles. The van der Waals surface area contributed by atoms with Gasteiger partial charge in [0.05, 0.1) is 16.6 Å². The molecular formula is C14H9ClFN3O2. The Morgan fingerprint density at radius 3 is 2.71 bits per heavy atom. The summed E-state index contributed by atoms with van der Waals surface area (Å²) in [6.45, 7) is 0.0404. The highest BCUT2D eigenvalue weighted by Crippen LogP contribution is 2.28. The molecule has 2 aromatic rings. The first-order chi connectivity index (χ1) is 10.0. The molecule has 0 amide bonds. The molecule has 0 saturated heterocycles. The average molecular weight is 306 g/mol. The van der Waals surface area contributed by atoms with Crippen molar-refractivity contribution in [3.63, 3.8) is 0 Å². The predicted octanol–water partition coefficient (Wildman–Crippen LogP) is 3.87. The van der Waals surface area contributed by atoms with E-state index < -0.39 is 10.7 Å². The summed E-state index contributed by atoms with van der Waals surface area (Å²) in [4.78, 5) is 10.4. The van der Waals surface area contributed by atoms with Crippen LogP contribution in [-0.4, -0.2) is 4.92 Å². The fourth-order valence-electron chi connectivity index (χ4n) is 1.76. The van der Waals surface area contributed by atoms with Gasteiger partial charge in [-0.1, -0.05) is 17.7 Å². The van der Waals surface area contributed by atoms with E-state index in [1.165, 1.54) is 30.3 Å². The summed E-state index contributed by atoms with van der Waals surface area (Å²) >= 11 is 5.80. The first-order valence-corrected chi connectivity index (χ1v) is 6.25. The van der Waals surface area contributed by atoms with Gasteiger partial charge >= 0.3 is 0 Å². The molecule has 21 heavy (non-hydrogen) atoms. The fourth-order valence-corrected chi connectivity index (χ4v) is 1.93. The second-order valence-corrected chi connectivity index (χ2v) is 4.63. The van der Waals surface area contributed by atoms with Gasteiger partial charge in [0.1, 0.15) is 11.5 Å². The van der Waals surface area contributed by atoms with Gasteiger partial charge in [0.25, 0.3) is 5.69 Å². The Morgan fingerprint density at radius 1 is 1.33 bits per heavy atom. The molecule has 0 spiro atoms. The number of nitrogens with zero attached hydrogens (tertiary/aromatic N) is 2. The Hall–Kier alpha value is -2.65. The molecule has 106 valence electrons. The third kappa shape index (κ3) is 3.46. The van der Waals surface area contributed by atoms with E-state index >= 15 is 0 Å². The summed E-state index contributed by atoms with van der Waals surface area (Å²) in [5.41, 5.74) is 0.568. The number of nitrogens with one attached hydrogen (secondary N) is 1. The Balaban J connectivity index is 2.22. The molecule has 7 heteroatoms. The maximum atomic E-state index is 13.7. The van der Waals surface area contributed by atoms with Gasteiger partial charge in [-0.3, -0.25) is 10.1 Å². The van der Waals surface area contributed by atoms with Gasteiger partial charge in [0, 0.05) is 23.2 Å². The minimum Gasteiger partial charge on any atom is -0.375 e. The van der Waals surface area contributed by atoms with Crippen LogP contribution in [0, 0.1) is 27.3 Å². The van der Waals surface area contributed by atoms with Crippen LogP contribution in [0.3, 0.4) is 0 Å². The molecule has 0 fully saturated rings. The van der Waals surface area contributed by atoms with E-state index in [1.54, 1.807) is 0 Å². The van der Waals surface area contributed by atoms with Gasteiger partial charge in [-0.2, -0.15) is 5.26 Å². The SMILES string of the molecule is N#Cc1ccc(CNc2cc(Cl)ccc2[N+](=O)[O-])c(F)c1. The average Bonchev–Trinajstić information content (AvgIpc) is 2.45. The van der Waals surface area contributed by atoms with E-state index in [-0.39, 0.29) is 23.5 Å². The van der Waals surface area contributed by atoms with E-state index in [9.17, 15) is 14.5 Å². The minimum absolute atomic E-state index is 0.0404. The largest absolute Gasteiger partial charge is 0.375 e. The normalized spacial score (nSPS) is 9.95. The van der Waals surface area contributed by atoms with Gasteiger partial charge in [0.15, 0.2) is 0 Å². The van der Waals surface area contributed by atoms with Crippen LogP contribution < -0.4 is 5.32 Å². The Kier molecular flexibility index (Phi) is 4.36. The molecule has 2 aromatic carbocycles. The van der Waals surface area contributed by atoms with E-state index in [2.05, 4.69) is 5.32 Å². The molecule has 0 aromatic heterocycles. The number of hydrogen-bond acceptors (Lipinski definition) is 4. The zero-order valence-electron chi connectivity index (χ0n) is 10.6. The van der Waals surface area contributed by atoms with Crippen molar-refractivity contribution in [3.05, 3.63) is 68.5 Å². The lowest BCUT2D eigenvalue weighted by atomic mass is 10.1. The Morgan fingerprint density at radius 2 is 2.10 bits per heavy atom. The molecule has 0 aliphatic rings. The minimum atomic E-state index is -0.550. The Bertz CT molecular complexity index is 743. The van der Waals surface area contributed by atoms with E-state index in [1.807, 2.05) is 6.07 Å². The summed E-state index contributed by atoms with van der Waals surface area (Å²) in [5.74, 6) is -0.550. The van der Waals surface area contributed by atoms with Gasteiger partial charge in [-0.05, 0) is 24.3 Å². The highest BCUT2D eigenvalue weighted by molar-refractivity contribution is 6.31. The molecule has 0 aliphatic carbocycles. The first-order valence-electron chi connectivity index (χ1n) is 5.87. The first kappa shape index (κ1) is 14.8. The van der Waals surface area contributed by atoms with Crippen molar-refractivity contribution in [1.82, 2.24) is 0 Å². The van der Waals surface area contributed by atoms with Crippen LogP contribution in [0.2, 0.25) is 5.02 Å². The lowest BCUT2D eigenvalue weighted by Crippen LogP contribution is -2.04. The lowest BCUT2D eigenvalue weighted by molar-refractivity contribution is -0.384. The molecule has 0 heterocycles. The summed E-state index contributed by atoms with van der Waals surface area (Å²) in [6, 6.07) is 9.97. The van der Waals surface area contributed by atoms with Crippen LogP contribution in [0.4, 0.5) is 15.8 Å². The third-order valence-corrected chi connectivity index (χ3v) is 3.04. The number of nitro groups is 1. The summed E-state index contributed by atoms with van der Waals surface area (Å²) in [7, 11) is 0. The van der Waals surface area contributed by atoms with Crippen LogP contribution in [-0.2, 0) is 6.54 Å². The zero-order chi connectivity index (χ0) is 15.4. The van der Waals surface area contributed by atoms with E-state index in [0.29, 0.717) is 10.6 Å². The number of anilines is 1. The molecule has 1 N–H and O–H groups in total. The smallest absolute Gasteiger partial charge is 0.292 e. The highest BCUT2D eigenvalue weighted by atomic mass is 35.5. The van der Waals surface area contributed by atoms with Crippen molar-refractivity contribution in [1.29, 1.82) is 5.26 Å². The number of nitriles is 1. The third-order valence-electron chi connectivity index (χ3n) is 2.81. The number of nitro benzene ring substituents is 1. The van der Waals surface area contributed by atoms with Crippen LogP contribution in [0.1, 0.15) is 11.1 Å². The maximum Gasteiger partial charge on any atom is 0.292 e. The number of rotatable bonds is 4. The second kappa shape index (κ2) is 6.20. The molecule has 0 atom stereocenters. The highest BCUT2D eigenvalue weighted by Gasteiger charge is 2.14. The number of hydrogen-bond donors (Lipinski definition) is 1. The summed E-state index contributed by atoms with van der Waals surface area (Å²) < 4.78 is 13.7. The quantitative estimate of drug-likeness (QED) is 0.687. The van der Waals surface area contributed by atoms with Crippen molar-refractivity contribution in [2.24, 2.45) is 0 Å². The maximum absolute atomic E-state index is 13.7. The standard InChI is InChI=1S/C14H9ClFN3O2/c15-11-3-4-14(19(20)21)13(6-11)18-8-10-2-1-9(7-17)5-12(10)16/h1-6,18H,8H2. The molecule has 0 radical (unpaired) electrons. The van der Waals surface area contributed by atoms with Crippen molar-refractivity contribution < 1.29 is 9.31 Å². The van der Waals surface area contributed by atoms with Crippen LogP contribution in [0.15, 0.2) is 36.4 Å². The lowest BCUT2D eigenvalue weighted by Gasteiger charge is -2.08. The topological polar surface area (TPSA) is 79.0 Å². The predicted molar refractivity (Wildman–Crippen MR) is 76.5 cm³/mol. The van der Waals surface area contributed by atoms with Crippen LogP contribution in [0.5, 0.6) is 0 Å². The number of halogens is 2. The fraction of sp³-hybridized carbons (Fsp3) is 0.0714. The van der Waals surface area contributed by atoms with Crippen molar-refractivity contribution in [2.75, 3.05) is 5.32 Å². The molecule has 0 aliphatic heterocycles. The Labute approximate surface area is 124 Å². The van der Waals surface area contributed by atoms with Crippen molar-refractivity contribution in [2.45, 2.75) is 6.54 Å². The van der Waals surface area contributed by atoms with Gasteiger partial charge in [-0.25, -0.2) is 4.39 Å². The van der Waals surface area contributed by atoms with Gasteiger partial charge < -0.3 is 5.32 Å². The zero-order valence-corrected chi connectivity index (χ0v) is 11.4. The summed E-state index contributed by atoms with van der Waals surface area (Å²) in [5, 5.41) is 22.7. The van der Waals surface area contributed by atoms with Crippen LogP contribution >= 0.6 is 11.6 Å². The van der Waals surface area contributed by atoms with Gasteiger partial charge in [0.2, 0.25) is 0 Å². The molecular weight excluding hydrogens is 297 g/mol. The van der Waals surface area contributed by atoms with Crippen molar-refractivity contribution >= 4 is 23.0 Å². The van der Waals surface area contributed by atoms with Gasteiger partial charge in [-0.15, -0.1) is 0 Å². The second-order valence-electron chi connectivity index (χ2n) is 4.19. The molecule has 0 bridgehead atoms. The molecule has 2 rings (SSSR count). The summed E-state index contributed by atoms with van der Waals surface area (Å²) in [6.07, 6.45) is 0. The molecule has 0 unspecified atom stereocenters. The van der Waals surface area contributed by atoms with Crippen LogP contribution in [0.25, 0.3) is 0 Å². The van der Waals surface area contributed by atoms with Crippen molar-refractivity contribution in [3.8, 4) is 6.07 Å². The number of benzene rings is 2. The molecule has 5 nitrogen and oxygen atoms in total. The van der Waals surface area contributed by atoms with E-state index in [0.717, 1.165) is 6.07 Å². The monoisotopic (exact) mass is 305 g/mol. The van der Waals surface area contributed by atoms with E-state index in [4.69, 9.17) is 16.9 Å².